The summed E-state index contributed by atoms with van der Waals surface area (Å²) in [5.41, 5.74) is 8.52. The number of hydrogen-bond donors (Lipinski definition) is 2. The first-order valence-electron chi connectivity index (χ1n) is 9.14. The molecule has 7 nitrogen and oxygen atoms in total. The molecule has 0 spiro atoms. The summed E-state index contributed by atoms with van der Waals surface area (Å²) in [5, 5.41) is 2.34. The lowest BCUT2D eigenvalue weighted by atomic mass is 10.0. The minimum atomic E-state index is -0.577. The Morgan fingerprint density at radius 3 is 2.77 bits per heavy atom. The van der Waals surface area contributed by atoms with Crippen molar-refractivity contribution in [3.63, 3.8) is 0 Å². The zero-order valence-electron chi connectivity index (χ0n) is 15.3. The lowest BCUT2D eigenvalue weighted by Gasteiger charge is -2.29. The van der Waals surface area contributed by atoms with Gasteiger partial charge in [0.15, 0.2) is 0 Å². The van der Waals surface area contributed by atoms with Crippen LogP contribution in [0.2, 0.25) is 0 Å². The van der Waals surface area contributed by atoms with Crippen LogP contribution in [0.5, 0.6) is 0 Å². The van der Waals surface area contributed by atoms with E-state index in [2.05, 4.69) is 17.1 Å². The Morgan fingerprint density at radius 1 is 1.35 bits per heavy atom. The lowest BCUT2D eigenvalue weighted by molar-refractivity contribution is -0.136. The van der Waals surface area contributed by atoms with Gasteiger partial charge in [0.05, 0.1) is 0 Å². The summed E-state index contributed by atoms with van der Waals surface area (Å²) in [5.74, 6) is -0.774. The van der Waals surface area contributed by atoms with Crippen molar-refractivity contribution in [2.24, 2.45) is 5.73 Å². The third-order valence-corrected chi connectivity index (χ3v) is 5.03. The van der Waals surface area contributed by atoms with Crippen LogP contribution in [0.3, 0.4) is 0 Å². The van der Waals surface area contributed by atoms with Gasteiger partial charge in [0, 0.05) is 37.7 Å². The molecule has 2 aliphatic rings. The van der Waals surface area contributed by atoms with Crippen LogP contribution in [0.25, 0.3) is 0 Å². The maximum atomic E-state index is 13.1. The molecule has 26 heavy (non-hydrogen) atoms. The second-order valence-electron chi connectivity index (χ2n) is 7.16. The van der Waals surface area contributed by atoms with E-state index in [-0.39, 0.29) is 30.2 Å². The van der Waals surface area contributed by atoms with Crippen molar-refractivity contribution in [1.82, 2.24) is 15.1 Å². The molecule has 3 rings (SSSR count). The largest absolute Gasteiger partial charge is 0.327 e. The summed E-state index contributed by atoms with van der Waals surface area (Å²) >= 11 is 0. The molecule has 1 fully saturated rings. The van der Waals surface area contributed by atoms with E-state index in [0.717, 1.165) is 24.2 Å². The molecule has 2 heterocycles. The molecular weight excluding hydrogens is 332 g/mol. The number of amides is 3. The van der Waals surface area contributed by atoms with Gasteiger partial charge in [-0.2, -0.15) is 0 Å². The molecule has 0 aliphatic carbocycles. The fourth-order valence-corrected chi connectivity index (χ4v) is 3.78. The molecule has 0 saturated carbocycles. The van der Waals surface area contributed by atoms with Gasteiger partial charge in [0.25, 0.3) is 5.91 Å². The highest BCUT2D eigenvalue weighted by Crippen LogP contribution is 2.30. The van der Waals surface area contributed by atoms with Gasteiger partial charge in [-0.05, 0) is 31.0 Å². The third kappa shape index (κ3) is 3.64. The smallest absolute Gasteiger partial charge is 0.255 e. The number of hydrogen-bond acceptors (Lipinski definition) is 5. The van der Waals surface area contributed by atoms with Gasteiger partial charge in [0.2, 0.25) is 11.8 Å². The quantitative estimate of drug-likeness (QED) is 0.727. The molecule has 7 heteroatoms. The number of nitrogens with two attached hydrogens (primary N) is 1. The van der Waals surface area contributed by atoms with E-state index in [0.29, 0.717) is 25.1 Å². The lowest BCUT2D eigenvalue weighted by Crippen LogP contribution is -2.52. The van der Waals surface area contributed by atoms with Gasteiger partial charge in [-0.1, -0.05) is 25.1 Å². The average Bonchev–Trinajstić information content (AvgIpc) is 2.91. The van der Waals surface area contributed by atoms with Crippen molar-refractivity contribution < 1.29 is 14.4 Å². The summed E-state index contributed by atoms with van der Waals surface area (Å²) in [6.45, 7) is 6.70. The zero-order chi connectivity index (χ0) is 18.8. The Morgan fingerprint density at radius 2 is 2.12 bits per heavy atom. The number of likely N-dealkylation sites (N-methyl/N-ethyl adjacent to an activating group) is 1. The molecule has 2 unspecified atom stereocenters. The average molecular weight is 358 g/mol. The Kier molecular flexibility index (Phi) is 5.38. The summed E-state index contributed by atoms with van der Waals surface area (Å²) in [4.78, 5) is 40.4. The minimum Gasteiger partial charge on any atom is -0.327 e. The number of benzene rings is 1. The molecule has 1 aromatic rings. The maximum absolute atomic E-state index is 13.1. The van der Waals surface area contributed by atoms with E-state index in [9.17, 15) is 14.4 Å². The van der Waals surface area contributed by atoms with Crippen molar-refractivity contribution in [1.29, 1.82) is 0 Å². The number of carbonyl (C=O) groups is 3. The summed E-state index contributed by atoms with van der Waals surface area (Å²) in [7, 11) is 0. The Hall–Kier alpha value is -2.25. The predicted octanol–water partition coefficient (Wildman–Crippen LogP) is 0.617. The maximum Gasteiger partial charge on any atom is 0.255 e. The number of fused-ring (bicyclic) bond motifs is 1. The van der Waals surface area contributed by atoms with Crippen molar-refractivity contribution in [2.75, 3.05) is 13.1 Å². The molecule has 2 atom stereocenters. The topological polar surface area (TPSA) is 95.7 Å². The Bertz CT molecular complexity index is 731. The summed E-state index contributed by atoms with van der Waals surface area (Å²) in [6.07, 6.45) is 0.646. The van der Waals surface area contributed by atoms with E-state index in [4.69, 9.17) is 5.73 Å². The summed E-state index contributed by atoms with van der Waals surface area (Å²) < 4.78 is 0. The van der Waals surface area contributed by atoms with Crippen LogP contribution < -0.4 is 11.1 Å². The highest BCUT2D eigenvalue weighted by molar-refractivity contribution is 6.05. The molecule has 1 aromatic carbocycles. The standard InChI is InChI=1S/C19H26N4O3/c1-3-22(9-12(2)20)10-13-5-4-6-14-11-23(19(26)17(13)14)15-7-8-16(24)21-18(15)25/h4-6,12,15H,3,7-11,20H2,1-2H3,(H,21,24,25). The van der Waals surface area contributed by atoms with Crippen LogP contribution in [-0.4, -0.2) is 52.7 Å². The molecular formula is C19H26N4O3. The SMILES string of the molecule is CCN(Cc1cccc2c1C(=O)N(C1CCC(=O)NC1=O)C2)CC(C)N. The number of carbonyl (C=O) groups excluding carboxylic acids is 3. The van der Waals surface area contributed by atoms with E-state index in [1.54, 1.807) is 4.90 Å². The first-order chi connectivity index (χ1) is 12.4. The molecule has 140 valence electrons. The van der Waals surface area contributed by atoms with Gasteiger partial charge in [0.1, 0.15) is 6.04 Å². The fraction of sp³-hybridized carbons (Fsp3) is 0.526. The van der Waals surface area contributed by atoms with Gasteiger partial charge >= 0.3 is 0 Å². The summed E-state index contributed by atoms with van der Waals surface area (Å²) in [6, 6.07) is 5.34. The molecule has 1 saturated heterocycles. The first kappa shape index (κ1) is 18.5. The zero-order valence-corrected chi connectivity index (χ0v) is 15.3. The van der Waals surface area contributed by atoms with Gasteiger partial charge in [-0.25, -0.2) is 0 Å². The third-order valence-electron chi connectivity index (χ3n) is 5.03. The van der Waals surface area contributed by atoms with Crippen molar-refractivity contribution >= 4 is 17.7 Å². The van der Waals surface area contributed by atoms with E-state index in [1.807, 2.05) is 25.1 Å². The van der Waals surface area contributed by atoms with Gasteiger partial charge in [-0.3, -0.25) is 24.6 Å². The second kappa shape index (κ2) is 7.55. The molecule has 0 bridgehead atoms. The fourth-order valence-electron chi connectivity index (χ4n) is 3.78. The Balaban J connectivity index is 1.82. The van der Waals surface area contributed by atoms with E-state index >= 15 is 0 Å². The monoisotopic (exact) mass is 358 g/mol. The van der Waals surface area contributed by atoms with Crippen LogP contribution in [0, 0.1) is 0 Å². The van der Waals surface area contributed by atoms with E-state index < -0.39 is 6.04 Å². The number of nitrogens with one attached hydrogen (secondary N) is 1. The molecule has 0 aromatic heterocycles. The van der Waals surface area contributed by atoms with Crippen LogP contribution in [-0.2, 0) is 22.7 Å². The van der Waals surface area contributed by atoms with Crippen molar-refractivity contribution in [2.45, 2.75) is 51.9 Å². The van der Waals surface area contributed by atoms with Crippen LogP contribution >= 0.6 is 0 Å². The molecule has 2 aliphatic heterocycles. The molecule has 0 radical (unpaired) electrons. The molecule has 3 amide bonds. The number of rotatable bonds is 6. The highest BCUT2D eigenvalue weighted by Gasteiger charge is 2.40. The number of nitrogens with zero attached hydrogens (tertiary/aromatic N) is 2. The van der Waals surface area contributed by atoms with Crippen LogP contribution in [0.4, 0.5) is 0 Å². The second-order valence-corrected chi connectivity index (χ2v) is 7.16. The van der Waals surface area contributed by atoms with E-state index in [1.165, 1.54) is 0 Å². The number of imide groups is 1. The van der Waals surface area contributed by atoms with Gasteiger partial charge in [-0.15, -0.1) is 0 Å². The van der Waals surface area contributed by atoms with Crippen molar-refractivity contribution in [3.05, 3.63) is 34.9 Å². The van der Waals surface area contributed by atoms with Crippen molar-refractivity contribution in [3.8, 4) is 0 Å². The molecule has 3 N–H and O–H groups in total. The predicted molar refractivity (Wildman–Crippen MR) is 97.1 cm³/mol. The Labute approximate surface area is 153 Å². The van der Waals surface area contributed by atoms with Crippen LogP contribution in [0.1, 0.15) is 48.2 Å². The minimum absolute atomic E-state index is 0.0578. The normalized spacial score (nSPS) is 21.2. The highest BCUT2D eigenvalue weighted by atomic mass is 16.2. The number of piperidine rings is 1. The van der Waals surface area contributed by atoms with Gasteiger partial charge < -0.3 is 10.6 Å². The van der Waals surface area contributed by atoms with Crippen LogP contribution in [0.15, 0.2) is 18.2 Å². The first-order valence-corrected chi connectivity index (χ1v) is 9.14.